The van der Waals surface area contributed by atoms with Crippen molar-refractivity contribution < 1.29 is 24.4 Å². The van der Waals surface area contributed by atoms with Crippen LogP contribution in [0.1, 0.15) is 30.0 Å². The minimum Gasteiger partial charge on any atom is -0.507 e. The predicted molar refractivity (Wildman–Crippen MR) is 121 cm³/mol. The number of nitrogens with zero attached hydrogens (tertiary/aromatic N) is 3. The number of amides is 1. The van der Waals surface area contributed by atoms with Crippen molar-refractivity contribution in [1.29, 1.82) is 0 Å². The molecule has 2 aliphatic rings. The lowest BCUT2D eigenvalue weighted by molar-refractivity contribution is -0.384. The lowest BCUT2D eigenvalue weighted by Gasteiger charge is -2.27. The Bertz CT molecular complexity index is 1110. The van der Waals surface area contributed by atoms with E-state index in [-0.39, 0.29) is 23.6 Å². The molecular weight excluding hydrogens is 426 g/mol. The van der Waals surface area contributed by atoms with E-state index in [0.717, 1.165) is 25.9 Å². The quantitative estimate of drug-likeness (QED) is 0.226. The zero-order chi connectivity index (χ0) is 23.5. The smallest absolute Gasteiger partial charge is 0.295 e. The van der Waals surface area contributed by atoms with Gasteiger partial charge in [-0.15, -0.1) is 0 Å². The number of aliphatic hydroxyl groups excluding tert-OH is 1. The number of rotatable bonds is 7. The third-order valence-electron chi connectivity index (χ3n) is 6.16. The van der Waals surface area contributed by atoms with Crippen LogP contribution >= 0.6 is 0 Å². The van der Waals surface area contributed by atoms with Gasteiger partial charge >= 0.3 is 0 Å². The van der Waals surface area contributed by atoms with E-state index in [4.69, 9.17) is 4.74 Å². The maximum absolute atomic E-state index is 13.1. The van der Waals surface area contributed by atoms with Gasteiger partial charge in [0.1, 0.15) is 11.5 Å². The van der Waals surface area contributed by atoms with Gasteiger partial charge in [0, 0.05) is 30.8 Å². The van der Waals surface area contributed by atoms with Crippen LogP contribution in [0.4, 0.5) is 5.69 Å². The van der Waals surface area contributed by atoms with Crippen molar-refractivity contribution in [3.05, 3.63) is 75.3 Å². The highest BCUT2D eigenvalue weighted by molar-refractivity contribution is 6.46. The van der Waals surface area contributed by atoms with E-state index >= 15 is 0 Å². The third kappa shape index (κ3) is 4.45. The molecule has 1 amide bonds. The molecule has 0 aliphatic carbocycles. The summed E-state index contributed by atoms with van der Waals surface area (Å²) in [6.07, 6.45) is 2.18. The molecule has 0 radical (unpaired) electrons. The van der Waals surface area contributed by atoms with Gasteiger partial charge in [-0.3, -0.25) is 19.7 Å². The number of ketones is 1. The number of hydrogen-bond donors (Lipinski definition) is 1. The van der Waals surface area contributed by atoms with Gasteiger partial charge in [-0.2, -0.15) is 0 Å². The van der Waals surface area contributed by atoms with Gasteiger partial charge in [-0.1, -0.05) is 12.1 Å². The maximum atomic E-state index is 13.1. The second-order valence-electron chi connectivity index (χ2n) is 8.12. The van der Waals surface area contributed by atoms with Crippen molar-refractivity contribution in [1.82, 2.24) is 9.80 Å². The number of likely N-dealkylation sites (tertiary alicyclic amines) is 2. The molecule has 172 valence electrons. The normalized spacial score (nSPS) is 20.4. The highest BCUT2D eigenvalue weighted by Crippen LogP contribution is 2.40. The molecular formula is C24H25N3O6. The van der Waals surface area contributed by atoms with E-state index in [1.54, 1.807) is 30.3 Å². The summed E-state index contributed by atoms with van der Waals surface area (Å²) in [5, 5.41) is 22.4. The minimum absolute atomic E-state index is 0.0768. The number of non-ortho nitro benzene ring substituents is 1. The van der Waals surface area contributed by atoms with Crippen molar-refractivity contribution in [2.24, 2.45) is 0 Å². The number of ether oxygens (including phenoxy) is 1. The van der Waals surface area contributed by atoms with Gasteiger partial charge in [-0.05, 0) is 55.8 Å². The second kappa shape index (κ2) is 9.41. The van der Waals surface area contributed by atoms with Crippen LogP contribution < -0.4 is 4.74 Å². The minimum atomic E-state index is -0.922. The fourth-order valence-electron chi connectivity index (χ4n) is 4.43. The summed E-state index contributed by atoms with van der Waals surface area (Å²) < 4.78 is 5.14. The third-order valence-corrected chi connectivity index (χ3v) is 6.16. The Kier molecular flexibility index (Phi) is 6.41. The number of Topliss-reactive ketones (excluding diaryl/α,β-unsaturated/α-hetero) is 1. The van der Waals surface area contributed by atoms with Crippen molar-refractivity contribution in [3.8, 4) is 5.75 Å². The van der Waals surface area contributed by atoms with E-state index in [0.29, 0.717) is 23.4 Å². The highest BCUT2D eigenvalue weighted by Gasteiger charge is 2.46. The Morgan fingerprint density at radius 3 is 2.45 bits per heavy atom. The standard InChI is InChI=1S/C24H25N3O6/c1-33-19-9-7-16(8-10-19)22(28)20-21(17-5-4-6-18(15-17)27(31)32)26(24(30)23(20)29)14-13-25-11-2-3-12-25/h4-10,15,21,28H,2-3,11-14H2,1H3/b22-20+. The molecule has 2 fully saturated rings. The van der Waals surface area contributed by atoms with Crippen LogP contribution in [0.15, 0.2) is 54.1 Å². The van der Waals surface area contributed by atoms with Crippen LogP contribution in [0.3, 0.4) is 0 Å². The first kappa shape index (κ1) is 22.5. The van der Waals surface area contributed by atoms with Crippen LogP contribution in [0.2, 0.25) is 0 Å². The summed E-state index contributed by atoms with van der Waals surface area (Å²) in [5.74, 6) is -1.27. The SMILES string of the molecule is COc1ccc(/C(O)=C2\C(=O)C(=O)N(CCN3CCCC3)C2c2cccc([N+](=O)[O-])c2)cc1. The number of nitro benzene ring substituents is 1. The second-order valence-corrected chi connectivity index (χ2v) is 8.12. The summed E-state index contributed by atoms with van der Waals surface area (Å²) in [7, 11) is 1.52. The van der Waals surface area contributed by atoms with Crippen molar-refractivity contribution in [3.63, 3.8) is 0 Å². The Labute approximate surface area is 191 Å². The summed E-state index contributed by atoms with van der Waals surface area (Å²) in [5.41, 5.74) is 0.526. The van der Waals surface area contributed by atoms with Crippen LogP contribution in [0.5, 0.6) is 5.75 Å². The number of benzene rings is 2. The van der Waals surface area contributed by atoms with Gasteiger partial charge in [0.2, 0.25) is 0 Å². The predicted octanol–water partition coefficient (Wildman–Crippen LogP) is 3.12. The molecule has 1 unspecified atom stereocenters. The first-order valence-electron chi connectivity index (χ1n) is 10.8. The number of carbonyl (C=O) groups is 2. The first-order valence-corrected chi connectivity index (χ1v) is 10.8. The molecule has 2 aromatic rings. The molecule has 1 N–H and O–H groups in total. The molecule has 2 heterocycles. The fourth-order valence-corrected chi connectivity index (χ4v) is 4.43. The lowest BCUT2D eigenvalue weighted by atomic mass is 9.95. The van der Waals surface area contributed by atoms with Crippen molar-refractivity contribution >= 4 is 23.1 Å². The number of aliphatic hydroxyl groups is 1. The molecule has 0 spiro atoms. The number of hydrogen-bond acceptors (Lipinski definition) is 7. The van der Waals surface area contributed by atoms with Crippen molar-refractivity contribution in [2.45, 2.75) is 18.9 Å². The van der Waals surface area contributed by atoms with E-state index in [2.05, 4.69) is 4.90 Å². The highest BCUT2D eigenvalue weighted by atomic mass is 16.6. The first-order chi connectivity index (χ1) is 15.9. The van der Waals surface area contributed by atoms with Gasteiger partial charge < -0.3 is 19.6 Å². The van der Waals surface area contributed by atoms with E-state index < -0.39 is 22.7 Å². The number of methoxy groups -OCH3 is 1. The monoisotopic (exact) mass is 451 g/mol. The van der Waals surface area contributed by atoms with Crippen molar-refractivity contribution in [2.75, 3.05) is 33.3 Å². The van der Waals surface area contributed by atoms with Crippen LogP contribution in [-0.2, 0) is 9.59 Å². The number of nitro groups is 1. The van der Waals surface area contributed by atoms with Gasteiger partial charge in [0.25, 0.3) is 17.4 Å². The zero-order valence-electron chi connectivity index (χ0n) is 18.3. The Hall–Kier alpha value is -3.72. The molecule has 0 aromatic heterocycles. The summed E-state index contributed by atoms with van der Waals surface area (Å²) in [6.45, 7) is 2.72. The summed E-state index contributed by atoms with van der Waals surface area (Å²) >= 11 is 0. The summed E-state index contributed by atoms with van der Waals surface area (Å²) in [6, 6.07) is 11.4. The Morgan fingerprint density at radius 2 is 1.82 bits per heavy atom. The molecule has 2 aliphatic heterocycles. The van der Waals surface area contributed by atoms with Gasteiger partial charge in [0.15, 0.2) is 0 Å². The van der Waals surface area contributed by atoms with Crippen LogP contribution in [-0.4, -0.2) is 64.8 Å². The zero-order valence-corrected chi connectivity index (χ0v) is 18.3. The molecule has 4 rings (SSSR count). The maximum Gasteiger partial charge on any atom is 0.295 e. The van der Waals surface area contributed by atoms with Crippen LogP contribution in [0, 0.1) is 10.1 Å². The summed E-state index contributed by atoms with van der Waals surface area (Å²) in [4.78, 5) is 40.5. The Morgan fingerprint density at radius 1 is 1.12 bits per heavy atom. The largest absolute Gasteiger partial charge is 0.507 e. The Balaban J connectivity index is 1.78. The van der Waals surface area contributed by atoms with Gasteiger partial charge in [0.05, 0.1) is 23.6 Å². The molecule has 2 saturated heterocycles. The molecule has 0 saturated carbocycles. The molecule has 9 heteroatoms. The molecule has 33 heavy (non-hydrogen) atoms. The van der Waals surface area contributed by atoms with E-state index in [9.17, 15) is 24.8 Å². The molecule has 9 nitrogen and oxygen atoms in total. The molecule has 1 atom stereocenters. The van der Waals surface area contributed by atoms with Gasteiger partial charge in [-0.25, -0.2) is 0 Å². The molecule has 2 aromatic carbocycles. The van der Waals surface area contributed by atoms with Crippen LogP contribution in [0.25, 0.3) is 5.76 Å². The average Bonchev–Trinajstić information content (AvgIpc) is 3.44. The van der Waals surface area contributed by atoms with E-state index in [1.807, 2.05) is 0 Å². The number of carbonyl (C=O) groups excluding carboxylic acids is 2. The topological polar surface area (TPSA) is 113 Å². The molecule has 0 bridgehead atoms. The fraction of sp³-hybridized carbons (Fsp3) is 0.333. The van der Waals surface area contributed by atoms with E-state index in [1.165, 1.54) is 30.2 Å². The lowest BCUT2D eigenvalue weighted by Crippen LogP contribution is -2.37. The average molecular weight is 451 g/mol.